The summed E-state index contributed by atoms with van der Waals surface area (Å²) in [5.41, 5.74) is 5.68. The first-order valence-electron chi connectivity index (χ1n) is 3.97. The Kier molecular flexibility index (Phi) is 3.54. The molecule has 12 heavy (non-hydrogen) atoms. The Morgan fingerprint density at radius 1 is 1.50 bits per heavy atom. The van der Waals surface area contributed by atoms with Gasteiger partial charge in [0.05, 0.1) is 6.04 Å². The summed E-state index contributed by atoms with van der Waals surface area (Å²) in [5.74, 6) is -0.00933. The number of nitrogens with one attached hydrogen (secondary N) is 1. The van der Waals surface area contributed by atoms with Crippen LogP contribution in [0, 0.1) is 5.41 Å². The van der Waals surface area contributed by atoms with Crippen molar-refractivity contribution in [3.8, 4) is 0 Å². The maximum Gasteiger partial charge on any atom is 0.237 e. The van der Waals surface area contributed by atoms with Crippen molar-refractivity contribution in [1.82, 2.24) is 5.32 Å². The second-order valence-corrected chi connectivity index (χ2v) is 4.27. The summed E-state index contributed by atoms with van der Waals surface area (Å²) < 4.78 is 0. The lowest BCUT2D eigenvalue weighted by atomic mass is 9.85. The molecule has 0 unspecified atom stereocenters. The van der Waals surface area contributed by atoms with E-state index in [1.165, 1.54) is 0 Å². The molecule has 0 aromatic carbocycles. The predicted molar refractivity (Wildman–Crippen MR) is 51.2 cm³/mol. The van der Waals surface area contributed by atoms with Crippen molar-refractivity contribution in [3.63, 3.8) is 0 Å². The standard InChI is InChI=1S/C8H16N2O.ClH/c1-8(2,3)6-4-5(9)7(11)10-6;/h5-6H,4,9H2,1-3H3,(H,10,11);1H/t5-,6-;/m1./s1. The second kappa shape index (κ2) is 3.62. The first-order chi connectivity index (χ1) is 4.91. The number of rotatable bonds is 0. The Morgan fingerprint density at radius 3 is 2.17 bits per heavy atom. The van der Waals surface area contributed by atoms with Crippen LogP contribution < -0.4 is 11.1 Å². The first kappa shape index (κ1) is 11.7. The summed E-state index contributed by atoms with van der Waals surface area (Å²) in [7, 11) is 0. The van der Waals surface area contributed by atoms with Gasteiger partial charge < -0.3 is 11.1 Å². The van der Waals surface area contributed by atoms with Gasteiger partial charge in [-0.3, -0.25) is 4.79 Å². The minimum Gasteiger partial charge on any atom is -0.351 e. The number of halogens is 1. The number of amides is 1. The third-order valence-electron chi connectivity index (χ3n) is 2.19. The summed E-state index contributed by atoms with van der Waals surface area (Å²) >= 11 is 0. The zero-order valence-corrected chi connectivity index (χ0v) is 8.57. The third-order valence-corrected chi connectivity index (χ3v) is 2.19. The van der Waals surface area contributed by atoms with Gasteiger partial charge in [-0.15, -0.1) is 12.4 Å². The number of hydrogen-bond donors (Lipinski definition) is 2. The molecular formula is C8H17ClN2O. The highest BCUT2D eigenvalue weighted by Gasteiger charge is 2.35. The Bertz CT molecular complexity index is 176. The molecule has 3 N–H and O–H groups in total. The fourth-order valence-electron chi connectivity index (χ4n) is 1.27. The van der Waals surface area contributed by atoms with Gasteiger partial charge in [-0.25, -0.2) is 0 Å². The van der Waals surface area contributed by atoms with Crippen molar-refractivity contribution in [2.24, 2.45) is 11.1 Å². The molecular weight excluding hydrogens is 176 g/mol. The largest absolute Gasteiger partial charge is 0.351 e. The molecule has 0 spiro atoms. The summed E-state index contributed by atoms with van der Waals surface area (Å²) in [6.45, 7) is 6.32. The van der Waals surface area contributed by atoms with Crippen molar-refractivity contribution in [1.29, 1.82) is 0 Å². The summed E-state index contributed by atoms with van der Waals surface area (Å²) in [4.78, 5) is 11.0. The van der Waals surface area contributed by atoms with Crippen LogP contribution in [0.3, 0.4) is 0 Å². The predicted octanol–water partition coefficient (Wildman–Crippen LogP) is 0.670. The van der Waals surface area contributed by atoms with Crippen LogP contribution in [0.15, 0.2) is 0 Å². The quantitative estimate of drug-likeness (QED) is 0.593. The lowest BCUT2D eigenvalue weighted by Crippen LogP contribution is -2.37. The Balaban J connectivity index is 0.00000121. The van der Waals surface area contributed by atoms with E-state index >= 15 is 0 Å². The average molecular weight is 193 g/mol. The van der Waals surface area contributed by atoms with E-state index in [1.54, 1.807) is 0 Å². The Morgan fingerprint density at radius 2 is 2.00 bits per heavy atom. The van der Waals surface area contributed by atoms with Gasteiger partial charge in [0.25, 0.3) is 0 Å². The molecule has 3 nitrogen and oxygen atoms in total. The molecule has 4 heteroatoms. The minimum atomic E-state index is -0.292. The van der Waals surface area contributed by atoms with Crippen molar-refractivity contribution < 1.29 is 4.79 Å². The van der Waals surface area contributed by atoms with Crippen LogP contribution in [-0.4, -0.2) is 18.0 Å². The van der Waals surface area contributed by atoms with E-state index in [1.807, 2.05) is 0 Å². The van der Waals surface area contributed by atoms with Crippen LogP contribution in [0.4, 0.5) is 0 Å². The van der Waals surface area contributed by atoms with Gasteiger partial charge >= 0.3 is 0 Å². The molecule has 0 bridgehead atoms. The number of carbonyl (C=O) groups excluding carboxylic acids is 1. The van der Waals surface area contributed by atoms with Crippen LogP contribution in [0.1, 0.15) is 27.2 Å². The second-order valence-electron chi connectivity index (χ2n) is 4.27. The Labute approximate surface area is 79.5 Å². The van der Waals surface area contributed by atoms with Crippen molar-refractivity contribution in [3.05, 3.63) is 0 Å². The molecule has 0 aliphatic carbocycles. The van der Waals surface area contributed by atoms with Gasteiger partial charge in [0, 0.05) is 6.04 Å². The third kappa shape index (κ3) is 2.35. The summed E-state index contributed by atoms with van der Waals surface area (Å²) in [5, 5.41) is 2.88. The molecule has 1 saturated heterocycles. The first-order valence-corrected chi connectivity index (χ1v) is 3.97. The number of hydrogen-bond acceptors (Lipinski definition) is 2. The van der Waals surface area contributed by atoms with Gasteiger partial charge in [-0.1, -0.05) is 20.8 Å². The number of nitrogens with two attached hydrogens (primary N) is 1. The molecule has 1 rings (SSSR count). The van der Waals surface area contributed by atoms with Crippen LogP contribution in [0.25, 0.3) is 0 Å². The fraction of sp³-hybridized carbons (Fsp3) is 0.875. The van der Waals surface area contributed by atoms with Gasteiger partial charge in [0.1, 0.15) is 0 Å². The molecule has 1 heterocycles. The maximum atomic E-state index is 11.0. The minimum absolute atomic E-state index is 0. The highest BCUT2D eigenvalue weighted by atomic mass is 35.5. The van der Waals surface area contributed by atoms with Crippen LogP contribution in [0.5, 0.6) is 0 Å². The van der Waals surface area contributed by atoms with E-state index < -0.39 is 0 Å². The van der Waals surface area contributed by atoms with Crippen LogP contribution in [0.2, 0.25) is 0 Å². The van der Waals surface area contributed by atoms with E-state index in [-0.39, 0.29) is 35.8 Å². The summed E-state index contributed by atoms with van der Waals surface area (Å²) in [6.07, 6.45) is 0.766. The maximum absolute atomic E-state index is 11.0. The molecule has 1 fully saturated rings. The van der Waals surface area contributed by atoms with Crippen LogP contribution >= 0.6 is 12.4 Å². The van der Waals surface area contributed by atoms with E-state index in [0.717, 1.165) is 6.42 Å². The van der Waals surface area contributed by atoms with Gasteiger partial charge in [-0.05, 0) is 11.8 Å². The van der Waals surface area contributed by atoms with Crippen LogP contribution in [-0.2, 0) is 4.79 Å². The van der Waals surface area contributed by atoms with E-state index in [2.05, 4.69) is 26.1 Å². The zero-order chi connectivity index (χ0) is 8.65. The highest BCUT2D eigenvalue weighted by Crippen LogP contribution is 2.25. The van der Waals surface area contributed by atoms with Crippen molar-refractivity contribution in [2.45, 2.75) is 39.3 Å². The SMILES string of the molecule is CC(C)(C)[C@H]1C[C@@H](N)C(=O)N1.Cl. The molecule has 0 radical (unpaired) electrons. The number of carbonyl (C=O) groups is 1. The Hall–Kier alpha value is -0.280. The molecule has 1 aliphatic heterocycles. The molecule has 0 aromatic rings. The fourth-order valence-corrected chi connectivity index (χ4v) is 1.27. The monoisotopic (exact) mass is 192 g/mol. The normalized spacial score (nSPS) is 29.5. The van der Waals surface area contributed by atoms with Crippen molar-refractivity contribution in [2.75, 3.05) is 0 Å². The molecule has 0 saturated carbocycles. The smallest absolute Gasteiger partial charge is 0.237 e. The lowest BCUT2D eigenvalue weighted by Gasteiger charge is -2.26. The molecule has 2 atom stereocenters. The molecule has 1 aliphatic rings. The van der Waals surface area contributed by atoms with E-state index in [9.17, 15) is 4.79 Å². The summed E-state index contributed by atoms with van der Waals surface area (Å²) in [6, 6.07) is -0.0516. The van der Waals surface area contributed by atoms with Crippen molar-refractivity contribution >= 4 is 18.3 Å². The van der Waals surface area contributed by atoms with Gasteiger partial charge in [0.2, 0.25) is 5.91 Å². The molecule has 0 aromatic heterocycles. The topological polar surface area (TPSA) is 55.1 Å². The average Bonchev–Trinajstić information content (AvgIpc) is 2.11. The zero-order valence-electron chi connectivity index (χ0n) is 7.76. The van der Waals surface area contributed by atoms with E-state index in [0.29, 0.717) is 0 Å². The van der Waals surface area contributed by atoms with Gasteiger partial charge in [0.15, 0.2) is 0 Å². The van der Waals surface area contributed by atoms with Gasteiger partial charge in [-0.2, -0.15) is 0 Å². The molecule has 1 amide bonds. The van der Waals surface area contributed by atoms with E-state index in [4.69, 9.17) is 5.73 Å². The molecule has 72 valence electrons. The highest BCUT2D eigenvalue weighted by molar-refractivity contribution is 5.85. The lowest BCUT2D eigenvalue weighted by molar-refractivity contribution is -0.120.